The van der Waals surface area contributed by atoms with Crippen molar-refractivity contribution in [2.24, 2.45) is 0 Å². The Balaban J connectivity index is 1.83. The summed E-state index contributed by atoms with van der Waals surface area (Å²) in [4.78, 5) is 16.2. The van der Waals surface area contributed by atoms with Gasteiger partial charge < -0.3 is 9.73 Å². The molecule has 2 heterocycles. The van der Waals surface area contributed by atoms with E-state index in [1.54, 1.807) is 12.4 Å². The summed E-state index contributed by atoms with van der Waals surface area (Å²) in [6, 6.07) is 9.43. The Morgan fingerprint density at radius 1 is 1.29 bits per heavy atom. The minimum atomic E-state index is -0.211. The molecule has 1 aromatic carbocycles. The van der Waals surface area contributed by atoms with Crippen molar-refractivity contribution in [2.75, 3.05) is 0 Å². The van der Waals surface area contributed by atoms with Crippen molar-refractivity contribution in [3.63, 3.8) is 0 Å². The zero-order chi connectivity index (χ0) is 14.8. The van der Waals surface area contributed by atoms with Crippen LogP contribution in [-0.2, 0) is 6.54 Å². The molecule has 0 spiro atoms. The first-order chi connectivity index (χ1) is 10.1. The van der Waals surface area contributed by atoms with Gasteiger partial charge in [0.05, 0.1) is 0 Å². The Hall–Kier alpha value is -2.14. The second-order valence-corrected chi connectivity index (χ2v) is 5.65. The molecule has 0 radical (unpaired) electrons. The van der Waals surface area contributed by atoms with Crippen LogP contribution in [-0.4, -0.2) is 10.9 Å². The molecule has 106 valence electrons. The molecule has 0 aliphatic rings. The maximum atomic E-state index is 12.3. The molecule has 21 heavy (non-hydrogen) atoms. The summed E-state index contributed by atoms with van der Waals surface area (Å²) < 4.78 is 6.62. The van der Waals surface area contributed by atoms with Gasteiger partial charge in [-0.2, -0.15) is 0 Å². The summed E-state index contributed by atoms with van der Waals surface area (Å²) in [6.45, 7) is 2.33. The first kappa shape index (κ1) is 13.8. The number of aryl methyl sites for hydroxylation is 1. The molecular weight excluding hydrogens is 332 g/mol. The van der Waals surface area contributed by atoms with E-state index < -0.39 is 0 Å². The first-order valence-electron chi connectivity index (χ1n) is 6.51. The van der Waals surface area contributed by atoms with Gasteiger partial charge in [-0.1, -0.05) is 15.9 Å². The first-order valence-corrected chi connectivity index (χ1v) is 7.30. The highest BCUT2D eigenvalue weighted by molar-refractivity contribution is 9.10. The number of hydrogen-bond donors (Lipinski definition) is 1. The van der Waals surface area contributed by atoms with Crippen molar-refractivity contribution in [1.82, 2.24) is 10.3 Å². The molecule has 0 saturated heterocycles. The van der Waals surface area contributed by atoms with Gasteiger partial charge in [0.25, 0.3) is 5.91 Å². The zero-order valence-electron chi connectivity index (χ0n) is 11.4. The number of nitrogens with one attached hydrogen (secondary N) is 1. The number of benzene rings is 1. The predicted octanol–water partition coefficient (Wildman–Crippen LogP) is 3.83. The third-order valence-corrected chi connectivity index (χ3v) is 3.80. The Morgan fingerprint density at radius 2 is 2.05 bits per heavy atom. The van der Waals surface area contributed by atoms with Gasteiger partial charge in [0.2, 0.25) is 0 Å². The van der Waals surface area contributed by atoms with E-state index in [1.165, 1.54) is 0 Å². The molecule has 3 rings (SSSR count). The molecule has 0 unspecified atom stereocenters. The summed E-state index contributed by atoms with van der Waals surface area (Å²) in [5.41, 5.74) is 2.55. The summed E-state index contributed by atoms with van der Waals surface area (Å²) in [5.74, 6) is 0.147. The molecule has 5 heteroatoms. The largest absolute Gasteiger partial charge is 0.451 e. The van der Waals surface area contributed by atoms with Crippen molar-refractivity contribution in [3.8, 4) is 0 Å². The number of furan rings is 1. The van der Waals surface area contributed by atoms with Crippen molar-refractivity contribution < 1.29 is 9.21 Å². The van der Waals surface area contributed by atoms with E-state index in [2.05, 4.69) is 26.2 Å². The molecule has 3 aromatic rings. The number of amides is 1. The van der Waals surface area contributed by atoms with Crippen LogP contribution in [0.5, 0.6) is 0 Å². The fraction of sp³-hybridized carbons (Fsp3) is 0.125. The van der Waals surface area contributed by atoms with E-state index in [4.69, 9.17) is 4.42 Å². The molecule has 1 N–H and O–H groups in total. The van der Waals surface area contributed by atoms with Crippen molar-refractivity contribution in [3.05, 3.63) is 64.1 Å². The molecular formula is C16H13BrN2O2. The van der Waals surface area contributed by atoms with Crippen molar-refractivity contribution >= 4 is 32.8 Å². The lowest BCUT2D eigenvalue weighted by Crippen LogP contribution is -2.22. The Bertz CT molecular complexity index is 797. The molecule has 0 fully saturated rings. The highest BCUT2D eigenvalue weighted by Crippen LogP contribution is 2.28. The minimum Gasteiger partial charge on any atom is -0.451 e. The molecule has 0 aliphatic heterocycles. The maximum Gasteiger partial charge on any atom is 0.287 e. The monoisotopic (exact) mass is 344 g/mol. The van der Waals surface area contributed by atoms with Gasteiger partial charge >= 0.3 is 0 Å². The second kappa shape index (κ2) is 5.69. The van der Waals surface area contributed by atoms with Crippen LogP contribution < -0.4 is 5.32 Å². The Kier molecular flexibility index (Phi) is 3.75. The van der Waals surface area contributed by atoms with E-state index in [0.717, 1.165) is 21.0 Å². The van der Waals surface area contributed by atoms with Crippen LogP contribution in [0.15, 0.2) is 51.6 Å². The average molecular weight is 345 g/mol. The predicted molar refractivity (Wildman–Crippen MR) is 84.1 cm³/mol. The number of carbonyl (C=O) groups excluding carboxylic acids is 1. The summed E-state index contributed by atoms with van der Waals surface area (Å²) >= 11 is 3.43. The number of hydrogen-bond acceptors (Lipinski definition) is 3. The number of halogens is 1. The van der Waals surface area contributed by atoms with Gasteiger partial charge in [-0.3, -0.25) is 9.78 Å². The van der Waals surface area contributed by atoms with Gasteiger partial charge in [-0.05, 0) is 42.8 Å². The van der Waals surface area contributed by atoms with Crippen molar-refractivity contribution in [1.29, 1.82) is 0 Å². The normalized spacial score (nSPS) is 10.8. The Morgan fingerprint density at radius 3 is 2.81 bits per heavy atom. The van der Waals surface area contributed by atoms with E-state index >= 15 is 0 Å². The van der Waals surface area contributed by atoms with Crippen LogP contribution >= 0.6 is 15.9 Å². The van der Waals surface area contributed by atoms with E-state index in [0.29, 0.717) is 17.9 Å². The lowest BCUT2D eigenvalue weighted by Gasteiger charge is -2.03. The average Bonchev–Trinajstić information content (AvgIpc) is 2.83. The topological polar surface area (TPSA) is 55.1 Å². The standard InChI is InChI=1S/C16H13BrN2O2/c1-10-13-8-12(17)2-3-14(13)21-15(10)16(20)19-9-11-4-6-18-7-5-11/h2-8H,9H2,1H3,(H,19,20). The third-order valence-electron chi connectivity index (χ3n) is 3.31. The maximum absolute atomic E-state index is 12.3. The highest BCUT2D eigenvalue weighted by Gasteiger charge is 2.17. The molecule has 2 aromatic heterocycles. The number of aromatic nitrogens is 1. The van der Waals surface area contributed by atoms with Gasteiger partial charge in [0.15, 0.2) is 5.76 Å². The molecule has 1 amide bonds. The second-order valence-electron chi connectivity index (χ2n) is 4.73. The zero-order valence-corrected chi connectivity index (χ0v) is 13.0. The van der Waals surface area contributed by atoms with Crippen LogP contribution in [0.25, 0.3) is 11.0 Å². The number of carbonyl (C=O) groups is 1. The van der Waals surface area contributed by atoms with E-state index in [1.807, 2.05) is 37.3 Å². The molecule has 4 nitrogen and oxygen atoms in total. The SMILES string of the molecule is Cc1c(C(=O)NCc2ccncc2)oc2ccc(Br)cc12. The lowest BCUT2D eigenvalue weighted by molar-refractivity contribution is 0.0924. The van der Waals surface area contributed by atoms with Crippen LogP contribution in [0.3, 0.4) is 0 Å². The summed E-state index contributed by atoms with van der Waals surface area (Å²) in [7, 11) is 0. The van der Waals surface area contributed by atoms with Crippen LogP contribution in [0, 0.1) is 6.92 Å². The Labute approximate surface area is 130 Å². The van der Waals surface area contributed by atoms with Gasteiger partial charge in [0, 0.05) is 34.4 Å². The molecule has 0 bridgehead atoms. The van der Waals surface area contributed by atoms with E-state index in [9.17, 15) is 4.79 Å². The molecule has 0 aliphatic carbocycles. The number of pyridine rings is 1. The third kappa shape index (κ3) is 2.83. The molecule has 0 saturated carbocycles. The number of fused-ring (bicyclic) bond motifs is 1. The smallest absolute Gasteiger partial charge is 0.287 e. The quantitative estimate of drug-likeness (QED) is 0.785. The van der Waals surface area contributed by atoms with Gasteiger partial charge in [0.1, 0.15) is 5.58 Å². The van der Waals surface area contributed by atoms with Crippen LogP contribution in [0.2, 0.25) is 0 Å². The fourth-order valence-electron chi connectivity index (χ4n) is 2.17. The summed E-state index contributed by atoms with van der Waals surface area (Å²) in [6.07, 6.45) is 3.40. The van der Waals surface area contributed by atoms with Crippen LogP contribution in [0.4, 0.5) is 0 Å². The number of nitrogens with zero attached hydrogens (tertiary/aromatic N) is 1. The van der Waals surface area contributed by atoms with Crippen molar-refractivity contribution in [2.45, 2.75) is 13.5 Å². The van der Waals surface area contributed by atoms with Gasteiger partial charge in [-0.25, -0.2) is 0 Å². The van der Waals surface area contributed by atoms with E-state index in [-0.39, 0.29) is 5.91 Å². The number of rotatable bonds is 3. The minimum absolute atomic E-state index is 0.211. The van der Waals surface area contributed by atoms with Gasteiger partial charge in [-0.15, -0.1) is 0 Å². The van der Waals surface area contributed by atoms with Crippen LogP contribution in [0.1, 0.15) is 21.7 Å². The summed E-state index contributed by atoms with van der Waals surface area (Å²) in [5, 5.41) is 3.80. The lowest BCUT2D eigenvalue weighted by atomic mass is 10.1. The highest BCUT2D eigenvalue weighted by atomic mass is 79.9. The fourth-order valence-corrected chi connectivity index (χ4v) is 2.53. The molecule has 0 atom stereocenters.